The van der Waals surface area contributed by atoms with Crippen molar-refractivity contribution in [2.45, 2.75) is 129 Å². The van der Waals surface area contributed by atoms with Gasteiger partial charge >= 0.3 is 0 Å². The number of benzene rings is 1. The largest absolute Gasteiger partial charge is 0.386 e. The third kappa shape index (κ3) is 11.4. The Hall–Kier alpha value is -3.10. The van der Waals surface area contributed by atoms with Crippen molar-refractivity contribution in [3.05, 3.63) is 35.9 Å². The minimum absolute atomic E-state index is 0.00218. The maximum atomic E-state index is 14.1. The van der Waals surface area contributed by atoms with Crippen LogP contribution in [0.3, 0.4) is 0 Å². The van der Waals surface area contributed by atoms with E-state index < -0.39 is 54.4 Å². The van der Waals surface area contributed by atoms with E-state index in [1.165, 1.54) is 7.11 Å². The second-order valence-corrected chi connectivity index (χ2v) is 15.2. The summed E-state index contributed by atoms with van der Waals surface area (Å²) in [6.45, 7) is 13.7. The number of likely N-dealkylation sites (tertiary alicyclic amines) is 1. The van der Waals surface area contributed by atoms with E-state index >= 15 is 0 Å². The van der Waals surface area contributed by atoms with E-state index in [1.807, 2.05) is 77.0 Å². The standard InChI is InChI=1S/C39H68N6O7/c1-13-24(4)34(44(10)39(50)32(26(6)40)42-38(49)33(23(2)3)43(8)9)30(51-11)22-31(46)45-21-17-20-29(45)36(52-12)25(5)37(48)41-27(7)35(47)28-18-15-14-16-19-28/h14-16,18-19,23-27,29-30,32-36,47H,13,17,20-22,40H2,1-12H3,(H,41,48)(H,42,49)/t24-,25+,26-,27+,29-,30+,32-,33-,34-,35+,36+/m0/s1. The van der Waals surface area contributed by atoms with Crippen LogP contribution in [0.25, 0.3) is 0 Å². The zero-order valence-corrected chi connectivity index (χ0v) is 33.7. The van der Waals surface area contributed by atoms with Gasteiger partial charge in [0.05, 0.1) is 54.8 Å². The molecule has 52 heavy (non-hydrogen) atoms. The van der Waals surface area contributed by atoms with E-state index in [4.69, 9.17) is 15.2 Å². The van der Waals surface area contributed by atoms with Crippen LogP contribution in [0.15, 0.2) is 30.3 Å². The average molecular weight is 733 g/mol. The fourth-order valence-corrected chi connectivity index (χ4v) is 7.69. The van der Waals surface area contributed by atoms with E-state index in [9.17, 15) is 24.3 Å². The van der Waals surface area contributed by atoms with Crippen LogP contribution < -0.4 is 16.4 Å². The number of nitrogens with zero attached hydrogens (tertiary/aromatic N) is 3. The number of nitrogens with two attached hydrogens (primary N) is 1. The fraction of sp³-hybridized carbons (Fsp3) is 0.744. The van der Waals surface area contributed by atoms with E-state index in [0.29, 0.717) is 24.9 Å². The Morgan fingerprint density at radius 2 is 1.58 bits per heavy atom. The fourth-order valence-electron chi connectivity index (χ4n) is 7.69. The molecule has 1 fully saturated rings. The molecule has 11 atom stereocenters. The summed E-state index contributed by atoms with van der Waals surface area (Å²) < 4.78 is 11.9. The summed E-state index contributed by atoms with van der Waals surface area (Å²) in [4.78, 5) is 60.2. The van der Waals surface area contributed by atoms with E-state index in [2.05, 4.69) is 10.6 Å². The monoisotopic (exact) mass is 733 g/mol. The van der Waals surface area contributed by atoms with Gasteiger partial charge in [0.25, 0.3) is 0 Å². The van der Waals surface area contributed by atoms with Crippen molar-refractivity contribution >= 4 is 23.6 Å². The molecular weight excluding hydrogens is 664 g/mol. The normalized spacial score (nSPS) is 20.6. The van der Waals surface area contributed by atoms with Gasteiger partial charge in [-0.15, -0.1) is 0 Å². The first-order valence-corrected chi connectivity index (χ1v) is 18.8. The van der Waals surface area contributed by atoms with Gasteiger partial charge in [-0.2, -0.15) is 0 Å². The minimum Gasteiger partial charge on any atom is -0.386 e. The van der Waals surface area contributed by atoms with Gasteiger partial charge in [0, 0.05) is 33.9 Å². The molecule has 13 heteroatoms. The number of amides is 4. The molecule has 0 unspecified atom stereocenters. The summed E-state index contributed by atoms with van der Waals surface area (Å²) in [7, 11) is 8.42. The number of nitrogens with one attached hydrogen (secondary N) is 2. The van der Waals surface area contributed by atoms with Gasteiger partial charge < -0.3 is 40.7 Å². The van der Waals surface area contributed by atoms with Crippen molar-refractivity contribution < 1.29 is 33.8 Å². The molecule has 296 valence electrons. The highest BCUT2D eigenvalue weighted by molar-refractivity contribution is 5.90. The van der Waals surface area contributed by atoms with Gasteiger partial charge in [-0.3, -0.25) is 24.1 Å². The lowest BCUT2D eigenvalue weighted by Gasteiger charge is -2.41. The SMILES string of the molecule is CC[C@H](C)[C@@H]([C@@H](CC(=O)N1CCC[C@H]1[C@H](OC)[C@@H](C)C(=O)N[C@H](C)[C@@H](O)c1ccccc1)OC)N(C)C(=O)[C@@H](NC(=O)[C@H](C(C)C)N(C)C)[C@H](C)N. The van der Waals surface area contributed by atoms with Gasteiger partial charge in [-0.25, -0.2) is 0 Å². The lowest BCUT2D eigenvalue weighted by molar-refractivity contribution is -0.147. The predicted octanol–water partition coefficient (Wildman–Crippen LogP) is 2.56. The average Bonchev–Trinajstić information content (AvgIpc) is 3.59. The Balaban J connectivity index is 2.25. The van der Waals surface area contributed by atoms with Crippen molar-refractivity contribution in [1.29, 1.82) is 0 Å². The topological polar surface area (TPSA) is 167 Å². The Labute approximate surface area is 312 Å². The van der Waals surface area contributed by atoms with Gasteiger partial charge in [0.1, 0.15) is 6.04 Å². The first-order valence-electron chi connectivity index (χ1n) is 18.8. The van der Waals surface area contributed by atoms with Crippen molar-refractivity contribution in [3.63, 3.8) is 0 Å². The minimum atomic E-state index is -0.979. The van der Waals surface area contributed by atoms with E-state index in [-0.39, 0.29) is 47.9 Å². The van der Waals surface area contributed by atoms with Crippen LogP contribution in [0.2, 0.25) is 0 Å². The molecule has 1 heterocycles. The van der Waals surface area contributed by atoms with Crippen LogP contribution in [0.1, 0.15) is 85.8 Å². The molecule has 0 aliphatic carbocycles. The maximum absolute atomic E-state index is 14.1. The van der Waals surface area contributed by atoms with Gasteiger partial charge in [0.2, 0.25) is 23.6 Å². The molecule has 2 rings (SSSR count). The highest BCUT2D eigenvalue weighted by Crippen LogP contribution is 2.30. The molecule has 1 aliphatic heterocycles. The summed E-state index contributed by atoms with van der Waals surface area (Å²) in [6, 6.07) is 5.67. The first-order chi connectivity index (χ1) is 24.4. The first kappa shape index (κ1) is 45.1. The van der Waals surface area contributed by atoms with Crippen molar-refractivity contribution in [3.8, 4) is 0 Å². The number of carbonyl (C=O) groups is 4. The predicted molar refractivity (Wildman–Crippen MR) is 203 cm³/mol. The number of rotatable bonds is 20. The van der Waals surface area contributed by atoms with Crippen LogP contribution in [0.5, 0.6) is 0 Å². The van der Waals surface area contributed by atoms with Gasteiger partial charge in [0.15, 0.2) is 0 Å². The Morgan fingerprint density at radius 1 is 0.962 bits per heavy atom. The van der Waals surface area contributed by atoms with Crippen LogP contribution in [-0.4, -0.2) is 134 Å². The number of aliphatic hydroxyl groups is 1. The third-order valence-corrected chi connectivity index (χ3v) is 10.8. The summed E-state index contributed by atoms with van der Waals surface area (Å²) in [5.41, 5.74) is 7.01. The number of hydrogen-bond acceptors (Lipinski definition) is 9. The lowest BCUT2D eigenvalue weighted by Crippen LogP contribution is -2.62. The molecule has 0 bridgehead atoms. The number of likely N-dealkylation sites (N-methyl/N-ethyl adjacent to an activating group) is 2. The second-order valence-electron chi connectivity index (χ2n) is 15.2. The van der Waals surface area contributed by atoms with Gasteiger partial charge in [-0.1, -0.05) is 71.4 Å². The highest BCUT2D eigenvalue weighted by atomic mass is 16.5. The molecule has 5 N–H and O–H groups in total. The molecule has 1 saturated heterocycles. The van der Waals surface area contributed by atoms with Crippen LogP contribution in [0.4, 0.5) is 0 Å². The van der Waals surface area contributed by atoms with E-state index in [1.54, 1.807) is 44.7 Å². The molecule has 1 aromatic carbocycles. The van der Waals surface area contributed by atoms with Crippen molar-refractivity contribution in [2.24, 2.45) is 23.5 Å². The molecular formula is C39H68N6O7. The molecule has 0 aromatic heterocycles. The molecule has 0 radical (unpaired) electrons. The molecule has 4 amide bonds. The quantitative estimate of drug-likeness (QED) is 0.158. The number of methoxy groups -OCH3 is 2. The molecule has 0 saturated carbocycles. The molecule has 1 aromatic rings. The van der Waals surface area contributed by atoms with Gasteiger partial charge in [-0.05, 0) is 58.2 Å². The second kappa shape index (κ2) is 21.0. The zero-order valence-electron chi connectivity index (χ0n) is 33.7. The Bertz CT molecular complexity index is 1270. The summed E-state index contributed by atoms with van der Waals surface area (Å²) >= 11 is 0. The van der Waals surface area contributed by atoms with Crippen molar-refractivity contribution in [1.82, 2.24) is 25.3 Å². The number of ether oxygens (including phenoxy) is 2. The van der Waals surface area contributed by atoms with Crippen LogP contribution >= 0.6 is 0 Å². The van der Waals surface area contributed by atoms with Crippen LogP contribution in [0, 0.1) is 17.8 Å². The Kier molecular flexibility index (Phi) is 18.2. The molecule has 13 nitrogen and oxygen atoms in total. The highest BCUT2D eigenvalue weighted by Gasteiger charge is 2.43. The smallest absolute Gasteiger partial charge is 0.246 e. The third-order valence-electron chi connectivity index (χ3n) is 10.8. The summed E-state index contributed by atoms with van der Waals surface area (Å²) in [5, 5.41) is 16.7. The lowest BCUT2D eigenvalue weighted by atomic mass is 9.89. The Morgan fingerprint density at radius 3 is 2.08 bits per heavy atom. The maximum Gasteiger partial charge on any atom is 0.246 e. The molecule has 0 spiro atoms. The summed E-state index contributed by atoms with van der Waals surface area (Å²) in [6.07, 6.45) is -0.00359. The van der Waals surface area contributed by atoms with Crippen LogP contribution in [-0.2, 0) is 28.7 Å². The number of aliphatic hydroxyl groups excluding tert-OH is 1. The number of carbonyl (C=O) groups excluding carboxylic acids is 4. The van der Waals surface area contributed by atoms with E-state index in [0.717, 1.165) is 6.42 Å². The molecule has 1 aliphatic rings. The number of hydrogen-bond donors (Lipinski definition) is 4. The van der Waals surface area contributed by atoms with Crippen molar-refractivity contribution in [2.75, 3.05) is 41.9 Å². The summed E-state index contributed by atoms with van der Waals surface area (Å²) in [5.74, 6) is -1.73. The zero-order chi connectivity index (χ0) is 39.4.